The molecule has 0 spiro atoms. The predicted molar refractivity (Wildman–Crippen MR) is 96.6 cm³/mol. The van der Waals surface area contributed by atoms with Gasteiger partial charge in [-0.15, -0.1) is 0 Å². The molecule has 5 heteroatoms. The summed E-state index contributed by atoms with van der Waals surface area (Å²) in [7, 11) is 1.55. The summed E-state index contributed by atoms with van der Waals surface area (Å²) in [4.78, 5) is 24.6. The third kappa shape index (κ3) is 3.92. The molecule has 0 atom stereocenters. The molecule has 1 aromatic heterocycles. The van der Waals surface area contributed by atoms with Crippen molar-refractivity contribution in [3.8, 4) is 5.75 Å². The number of Topliss-reactive ketones (excluding diaryl/α,β-unsaturated/α-hetero) is 1. The maximum atomic E-state index is 12.5. The second kappa shape index (κ2) is 7.55. The van der Waals surface area contributed by atoms with Crippen LogP contribution in [0.2, 0.25) is 0 Å². The number of carbonyl (C=O) groups is 2. The number of carbonyl (C=O) groups excluding carboxylic acids is 2. The highest BCUT2D eigenvalue weighted by atomic mass is 16.5. The number of methoxy groups -OCH3 is 1. The second-order valence-corrected chi connectivity index (χ2v) is 6.43. The van der Waals surface area contributed by atoms with Gasteiger partial charge in [-0.3, -0.25) is 4.79 Å². The van der Waals surface area contributed by atoms with Crippen molar-refractivity contribution in [2.75, 3.05) is 13.7 Å². The lowest BCUT2D eigenvalue weighted by molar-refractivity contribution is 0.0474. The molecule has 0 bridgehead atoms. The van der Waals surface area contributed by atoms with E-state index in [1.54, 1.807) is 25.3 Å². The van der Waals surface area contributed by atoms with Gasteiger partial charge in [0.25, 0.3) is 0 Å². The molecular formula is C20H25NO4. The van der Waals surface area contributed by atoms with Crippen LogP contribution < -0.4 is 4.74 Å². The highest BCUT2D eigenvalue weighted by Gasteiger charge is 2.19. The Morgan fingerprint density at radius 3 is 2.36 bits per heavy atom. The minimum atomic E-state index is -0.538. The van der Waals surface area contributed by atoms with E-state index in [9.17, 15) is 9.59 Å². The number of esters is 1. The summed E-state index contributed by atoms with van der Waals surface area (Å²) in [5.41, 5.74) is 3.80. The normalized spacial score (nSPS) is 10.8. The predicted octanol–water partition coefficient (Wildman–Crippen LogP) is 4.04. The molecule has 0 amide bonds. The summed E-state index contributed by atoms with van der Waals surface area (Å²) < 4.78 is 12.5. The van der Waals surface area contributed by atoms with Gasteiger partial charge in [-0.25, -0.2) is 4.79 Å². The van der Waals surface area contributed by atoms with Gasteiger partial charge in [-0.2, -0.15) is 0 Å². The molecule has 1 aromatic carbocycles. The van der Waals surface area contributed by atoms with Gasteiger partial charge < -0.3 is 14.0 Å². The Labute approximate surface area is 148 Å². The zero-order chi connectivity index (χ0) is 18.7. The van der Waals surface area contributed by atoms with E-state index in [4.69, 9.17) is 9.47 Å². The number of aromatic nitrogens is 1. The van der Waals surface area contributed by atoms with Crippen molar-refractivity contribution in [1.82, 2.24) is 4.57 Å². The van der Waals surface area contributed by atoms with Gasteiger partial charge >= 0.3 is 5.97 Å². The topological polar surface area (TPSA) is 57.5 Å². The Morgan fingerprint density at radius 2 is 1.80 bits per heavy atom. The third-order valence-corrected chi connectivity index (χ3v) is 4.28. The molecule has 5 nitrogen and oxygen atoms in total. The van der Waals surface area contributed by atoms with Crippen LogP contribution in [-0.2, 0) is 4.74 Å². The van der Waals surface area contributed by atoms with Crippen molar-refractivity contribution in [3.63, 3.8) is 0 Å². The molecule has 0 aliphatic rings. The molecule has 0 saturated carbocycles. The Kier molecular flexibility index (Phi) is 5.67. The number of hydrogen-bond acceptors (Lipinski definition) is 4. The van der Waals surface area contributed by atoms with Gasteiger partial charge in [0.15, 0.2) is 6.61 Å². The summed E-state index contributed by atoms with van der Waals surface area (Å²) in [5.74, 6) is -0.127. The number of benzene rings is 1. The molecule has 0 radical (unpaired) electrons. The van der Waals surface area contributed by atoms with Crippen LogP contribution in [0.1, 0.15) is 57.6 Å². The van der Waals surface area contributed by atoms with E-state index < -0.39 is 5.97 Å². The van der Waals surface area contributed by atoms with Crippen molar-refractivity contribution >= 4 is 11.8 Å². The number of nitrogens with zero attached hydrogens (tertiary/aromatic N) is 1. The monoisotopic (exact) mass is 343 g/mol. The first-order chi connectivity index (χ1) is 11.8. The van der Waals surface area contributed by atoms with Crippen molar-refractivity contribution in [2.24, 2.45) is 0 Å². The van der Waals surface area contributed by atoms with Crippen LogP contribution in [0.4, 0.5) is 0 Å². The molecule has 25 heavy (non-hydrogen) atoms. The summed E-state index contributed by atoms with van der Waals surface area (Å²) >= 11 is 0. The molecule has 2 aromatic rings. The summed E-state index contributed by atoms with van der Waals surface area (Å²) in [6.07, 6.45) is 0. The van der Waals surface area contributed by atoms with Crippen molar-refractivity contribution in [3.05, 3.63) is 52.3 Å². The molecule has 0 aliphatic carbocycles. The van der Waals surface area contributed by atoms with Crippen molar-refractivity contribution in [2.45, 2.75) is 40.7 Å². The zero-order valence-electron chi connectivity index (χ0n) is 15.7. The van der Waals surface area contributed by atoms with Crippen molar-refractivity contribution in [1.29, 1.82) is 0 Å². The molecular weight excluding hydrogens is 318 g/mol. The van der Waals surface area contributed by atoms with E-state index in [0.717, 1.165) is 17.0 Å². The largest absolute Gasteiger partial charge is 0.496 e. The fourth-order valence-corrected chi connectivity index (χ4v) is 3.09. The molecule has 0 unspecified atom stereocenters. The quantitative estimate of drug-likeness (QED) is 0.587. The molecule has 0 aliphatic heterocycles. The van der Waals surface area contributed by atoms with Gasteiger partial charge in [0.2, 0.25) is 5.78 Å². The van der Waals surface area contributed by atoms with E-state index in [1.165, 1.54) is 0 Å². The Bertz CT molecular complexity index is 802. The van der Waals surface area contributed by atoms with Gasteiger partial charge in [-0.05, 0) is 58.4 Å². The van der Waals surface area contributed by atoms with Crippen LogP contribution in [-0.4, -0.2) is 30.0 Å². The molecule has 0 saturated heterocycles. The minimum absolute atomic E-state index is 0.201. The average molecular weight is 343 g/mol. The fraction of sp³-hybridized carbons (Fsp3) is 0.400. The van der Waals surface area contributed by atoms with Gasteiger partial charge in [0.05, 0.1) is 12.7 Å². The maximum Gasteiger partial charge on any atom is 0.338 e. The molecule has 0 N–H and O–H groups in total. The lowest BCUT2D eigenvalue weighted by Crippen LogP contribution is -2.15. The van der Waals surface area contributed by atoms with E-state index in [1.807, 2.05) is 26.8 Å². The number of rotatable bonds is 6. The third-order valence-electron chi connectivity index (χ3n) is 4.28. The minimum Gasteiger partial charge on any atom is -0.496 e. The van der Waals surface area contributed by atoms with Gasteiger partial charge in [-0.1, -0.05) is 6.07 Å². The number of ether oxygens (including phenoxy) is 2. The highest BCUT2D eigenvalue weighted by molar-refractivity contribution is 6.00. The zero-order valence-corrected chi connectivity index (χ0v) is 15.7. The summed E-state index contributed by atoms with van der Waals surface area (Å²) in [6, 6.07) is 7.18. The van der Waals surface area contributed by atoms with Crippen LogP contribution >= 0.6 is 0 Å². The lowest BCUT2D eigenvalue weighted by atomic mass is 10.1. The van der Waals surface area contributed by atoms with Crippen LogP contribution in [0.5, 0.6) is 5.75 Å². The second-order valence-electron chi connectivity index (χ2n) is 6.43. The van der Waals surface area contributed by atoms with Crippen LogP contribution in [0.15, 0.2) is 24.3 Å². The average Bonchev–Trinajstić information content (AvgIpc) is 2.87. The Morgan fingerprint density at radius 1 is 1.12 bits per heavy atom. The first kappa shape index (κ1) is 18.8. The van der Waals surface area contributed by atoms with Crippen LogP contribution in [0, 0.1) is 20.8 Å². The first-order valence-electron chi connectivity index (χ1n) is 8.29. The van der Waals surface area contributed by atoms with E-state index in [-0.39, 0.29) is 18.4 Å². The summed E-state index contributed by atoms with van der Waals surface area (Å²) in [5, 5.41) is 0. The smallest absolute Gasteiger partial charge is 0.338 e. The maximum absolute atomic E-state index is 12.5. The highest BCUT2D eigenvalue weighted by Crippen LogP contribution is 2.22. The molecule has 2 rings (SSSR count). The standard InChI is InChI=1S/C20H25NO4/c1-12(2)21-14(4)9-17(15(21)5)18(22)11-25-20(23)16-8-7-13(3)19(10-16)24-6/h7-10,12H,11H2,1-6H3. The van der Waals surface area contributed by atoms with Gasteiger partial charge in [0, 0.05) is 23.0 Å². The Balaban J connectivity index is 2.10. The molecule has 1 heterocycles. The van der Waals surface area contributed by atoms with E-state index in [0.29, 0.717) is 16.9 Å². The fourth-order valence-electron chi connectivity index (χ4n) is 3.09. The SMILES string of the molecule is COc1cc(C(=O)OCC(=O)c2cc(C)n(C(C)C)c2C)ccc1C. The van der Waals surface area contributed by atoms with Crippen LogP contribution in [0.3, 0.4) is 0 Å². The number of ketones is 1. The number of hydrogen-bond donors (Lipinski definition) is 0. The van der Waals surface area contributed by atoms with Gasteiger partial charge in [0.1, 0.15) is 5.75 Å². The lowest BCUT2D eigenvalue weighted by Gasteiger charge is -2.13. The molecule has 134 valence electrons. The summed E-state index contributed by atoms with van der Waals surface area (Å²) in [6.45, 7) is 9.62. The van der Waals surface area contributed by atoms with Crippen LogP contribution in [0.25, 0.3) is 0 Å². The van der Waals surface area contributed by atoms with E-state index in [2.05, 4.69) is 18.4 Å². The number of aryl methyl sites for hydroxylation is 2. The Hall–Kier alpha value is -2.56. The van der Waals surface area contributed by atoms with Crippen molar-refractivity contribution < 1.29 is 19.1 Å². The first-order valence-corrected chi connectivity index (χ1v) is 8.29. The van der Waals surface area contributed by atoms with E-state index >= 15 is 0 Å². The molecule has 0 fully saturated rings.